The minimum Gasteiger partial charge on any atom is -0.355 e. The van der Waals surface area contributed by atoms with Gasteiger partial charge >= 0.3 is 0 Å². The van der Waals surface area contributed by atoms with Crippen LogP contribution in [-0.2, 0) is 26.2 Å². The smallest absolute Gasteiger partial charge is 0.264 e. The molecule has 0 unspecified atom stereocenters. The van der Waals surface area contributed by atoms with Gasteiger partial charge in [0.25, 0.3) is 10.0 Å². The predicted octanol–water partition coefficient (Wildman–Crippen LogP) is 5.40. The lowest BCUT2D eigenvalue weighted by Crippen LogP contribution is -2.52. The third-order valence-electron chi connectivity index (χ3n) is 6.63. The molecule has 2 amide bonds. The van der Waals surface area contributed by atoms with Gasteiger partial charge in [0.15, 0.2) is 0 Å². The number of halogens is 1. The van der Waals surface area contributed by atoms with E-state index in [1.54, 1.807) is 12.1 Å². The highest BCUT2D eigenvalue weighted by Gasteiger charge is 2.33. The van der Waals surface area contributed by atoms with Gasteiger partial charge in [0.2, 0.25) is 11.8 Å². The van der Waals surface area contributed by atoms with Gasteiger partial charge in [0.1, 0.15) is 12.6 Å². The van der Waals surface area contributed by atoms with Crippen LogP contribution in [0.4, 0.5) is 5.69 Å². The van der Waals surface area contributed by atoms with Crippen molar-refractivity contribution in [2.45, 2.75) is 58.5 Å². The Hall–Kier alpha value is -3.36. The second-order valence-electron chi connectivity index (χ2n) is 9.56. The maximum atomic E-state index is 14.0. The number of anilines is 1. The van der Waals surface area contributed by atoms with E-state index in [0.717, 1.165) is 26.6 Å². The van der Waals surface area contributed by atoms with Crippen LogP contribution in [0.3, 0.4) is 0 Å². The molecule has 0 aliphatic rings. The van der Waals surface area contributed by atoms with Gasteiger partial charge in [0, 0.05) is 18.1 Å². The maximum absolute atomic E-state index is 14.0. The van der Waals surface area contributed by atoms with Gasteiger partial charge in [-0.2, -0.15) is 0 Å². The Kier molecular flexibility index (Phi) is 10.2. The number of rotatable bonds is 11. The summed E-state index contributed by atoms with van der Waals surface area (Å²) in [4.78, 5) is 28.5. The minimum atomic E-state index is -4.14. The average Bonchev–Trinajstić information content (AvgIpc) is 2.89. The van der Waals surface area contributed by atoms with Crippen molar-refractivity contribution in [3.8, 4) is 0 Å². The minimum absolute atomic E-state index is 0.0129. The number of carbonyl (C=O) groups excluding carboxylic acids is 2. The largest absolute Gasteiger partial charge is 0.355 e. The van der Waals surface area contributed by atoms with Crippen molar-refractivity contribution in [1.29, 1.82) is 0 Å². The Morgan fingerprint density at radius 1 is 0.923 bits per heavy atom. The van der Waals surface area contributed by atoms with Crippen LogP contribution in [0.15, 0.2) is 71.6 Å². The molecule has 0 aliphatic heterocycles. The number of hydrogen-bond donors (Lipinski definition) is 1. The molecule has 208 valence electrons. The Morgan fingerprint density at radius 3 is 2.21 bits per heavy atom. The normalized spacial score (nSPS) is 12.1. The van der Waals surface area contributed by atoms with Crippen molar-refractivity contribution in [2.75, 3.05) is 17.4 Å². The first-order valence-electron chi connectivity index (χ1n) is 13.0. The molecule has 3 aromatic carbocycles. The molecule has 0 bridgehead atoms. The lowest BCUT2D eigenvalue weighted by molar-refractivity contribution is -0.140. The standard InChI is InChI=1S/C30H36ClN3O4S/c1-6-28(30(36)32-7-2)33(19-24-10-8-9-21(3)17-24)29(35)20-34(26-14-11-22(4)23(5)18-26)39(37,38)27-15-12-25(31)13-16-27/h8-18,28H,6-7,19-20H2,1-5H3,(H,32,36)/t28-/m0/s1. The van der Waals surface area contributed by atoms with E-state index >= 15 is 0 Å². The summed E-state index contributed by atoms with van der Waals surface area (Å²) in [5.41, 5.74) is 4.12. The molecule has 0 radical (unpaired) electrons. The van der Waals surface area contributed by atoms with E-state index in [2.05, 4.69) is 5.32 Å². The highest BCUT2D eigenvalue weighted by Crippen LogP contribution is 2.27. The summed E-state index contributed by atoms with van der Waals surface area (Å²) in [6.07, 6.45) is 0.372. The molecule has 0 heterocycles. The molecule has 1 N–H and O–H groups in total. The van der Waals surface area contributed by atoms with Crippen molar-refractivity contribution in [3.63, 3.8) is 0 Å². The summed E-state index contributed by atoms with van der Waals surface area (Å²) < 4.78 is 28.9. The lowest BCUT2D eigenvalue weighted by Gasteiger charge is -2.33. The number of amides is 2. The number of sulfonamides is 1. The van der Waals surface area contributed by atoms with E-state index in [-0.39, 0.29) is 17.3 Å². The topological polar surface area (TPSA) is 86.8 Å². The third-order valence-corrected chi connectivity index (χ3v) is 8.67. The van der Waals surface area contributed by atoms with E-state index in [1.807, 2.05) is 65.0 Å². The number of nitrogens with one attached hydrogen (secondary N) is 1. The summed E-state index contributed by atoms with van der Waals surface area (Å²) in [5.74, 6) is -0.760. The van der Waals surface area contributed by atoms with E-state index in [4.69, 9.17) is 11.6 Å². The molecule has 0 aliphatic carbocycles. The van der Waals surface area contributed by atoms with Crippen molar-refractivity contribution < 1.29 is 18.0 Å². The molecule has 1 atom stereocenters. The van der Waals surface area contributed by atoms with Crippen molar-refractivity contribution in [3.05, 3.63) is 94.0 Å². The van der Waals surface area contributed by atoms with E-state index in [9.17, 15) is 18.0 Å². The van der Waals surface area contributed by atoms with Crippen molar-refractivity contribution in [1.82, 2.24) is 10.2 Å². The fraction of sp³-hybridized carbons (Fsp3) is 0.333. The van der Waals surface area contributed by atoms with Gasteiger partial charge < -0.3 is 10.2 Å². The highest BCUT2D eigenvalue weighted by atomic mass is 35.5. The summed E-state index contributed by atoms with van der Waals surface area (Å²) in [7, 11) is -4.14. The molecule has 39 heavy (non-hydrogen) atoms. The molecule has 0 aromatic heterocycles. The van der Waals surface area contributed by atoms with Gasteiger partial charge in [-0.05, 0) is 87.2 Å². The number of nitrogens with zero attached hydrogens (tertiary/aromatic N) is 2. The van der Waals surface area contributed by atoms with Crippen LogP contribution in [0.2, 0.25) is 5.02 Å². The zero-order valence-corrected chi connectivity index (χ0v) is 24.6. The van der Waals surface area contributed by atoms with Crippen LogP contribution >= 0.6 is 11.6 Å². The molecule has 0 saturated carbocycles. The first-order valence-corrected chi connectivity index (χ1v) is 14.8. The number of likely N-dealkylation sites (N-methyl/N-ethyl adjacent to an activating group) is 1. The van der Waals surface area contributed by atoms with E-state index in [1.165, 1.54) is 29.2 Å². The third kappa shape index (κ3) is 7.40. The zero-order chi connectivity index (χ0) is 28.7. The monoisotopic (exact) mass is 569 g/mol. The molecule has 0 saturated heterocycles. The molecule has 3 rings (SSSR count). The Bertz CT molecular complexity index is 1420. The lowest BCUT2D eigenvalue weighted by atomic mass is 10.1. The van der Waals surface area contributed by atoms with Gasteiger partial charge in [-0.25, -0.2) is 8.42 Å². The first-order chi connectivity index (χ1) is 18.5. The molecule has 9 heteroatoms. The summed E-state index contributed by atoms with van der Waals surface area (Å²) in [5, 5.41) is 3.21. The zero-order valence-electron chi connectivity index (χ0n) is 23.1. The number of aryl methyl sites for hydroxylation is 3. The quantitative estimate of drug-likeness (QED) is 0.335. The van der Waals surface area contributed by atoms with Gasteiger partial charge in [-0.1, -0.05) is 54.4 Å². The van der Waals surface area contributed by atoms with Gasteiger partial charge in [0.05, 0.1) is 10.6 Å². The highest BCUT2D eigenvalue weighted by molar-refractivity contribution is 7.92. The van der Waals surface area contributed by atoms with Crippen LogP contribution in [0.1, 0.15) is 42.5 Å². The Labute approximate surface area is 236 Å². The van der Waals surface area contributed by atoms with Crippen LogP contribution in [0, 0.1) is 20.8 Å². The van der Waals surface area contributed by atoms with Gasteiger partial charge in [-0.3, -0.25) is 13.9 Å². The van der Waals surface area contributed by atoms with E-state index in [0.29, 0.717) is 23.7 Å². The number of hydrogen-bond acceptors (Lipinski definition) is 4. The van der Waals surface area contributed by atoms with Crippen molar-refractivity contribution >= 4 is 39.1 Å². The Balaban J connectivity index is 2.09. The van der Waals surface area contributed by atoms with Crippen molar-refractivity contribution in [2.24, 2.45) is 0 Å². The molecule has 3 aromatic rings. The molecule has 7 nitrogen and oxygen atoms in total. The molecular weight excluding hydrogens is 534 g/mol. The SMILES string of the molecule is CCNC(=O)[C@H](CC)N(Cc1cccc(C)c1)C(=O)CN(c1ccc(C)c(C)c1)S(=O)(=O)c1ccc(Cl)cc1. The first kappa shape index (κ1) is 30.2. The summed E-state index contributed by atoms with van der Waals surface area (Å²) >= 11 is 6.01. The Morgan fingerprint density at radius 2 is 1.62 bits per heavy atom. The van der Waals surface area contributed by atoms with Crippen LogP contribution in [0.25, 0.3) is 0 Å². The van der Waals surface area contributed by atoms with E-state index < -0.39 is 28.5 Å². The molecular formula is C30H36ClN3O4S. The van der Waals surface area contributed by atoms with Crippen LogP contribution in [0.5, 0.6) is 0 Å². The van der Waals surface area contributed by atoms with Crippen LogP contribution < -0.4 is 9.62 Å². The second kappa shape index (κ2) is 13.1. The average molecular weight is 570 g/mol. The molecule has 0 fully saturated rings. The fourth-order valence-electron chi connectivity index (χ4n) is 4.36. The van der Waals surface area contributed by atoms with Gasteiger partial charge in [-0.15, -0.1) is 0 Å². The maximum Gasteiger partial charge on any atom is 0.264 e. The van der Waals surface area contributed by atoms with Crippen LogP contribution in [-0.4, -0.2) is 44.3 Å². The number of carbonyl (C=O) groups is 2. The predicted molar refractivity (Wildman–Crippen MR) is 156 cm³/mol. The summed E-state index contributed by atoms with van der Waals surface area (Å²) in [6.45, 7) is 9.54. The summed E-state index contributed by atoms with van der Waals surface area (Å²) in [6, 6.07) is 18.0. The molecule has 0 spiro atoms. The second-order valence-corrected chi connectivity index (χ2v) is 11.9. The fourth-order valence-corrected chi connectivity index (χ4v) is 5.89. The number of benzene rings is 3.